The Morgan fingerprint density at radius 2 is 1.91 bits per heavy atom. The molecule has 1 aromatic heterocycles. The van der Waals surface area contributed by atoms with Crippen LogP contribution in [0, 0.1) is 0 Å². The first-order valence-electron chi connectivity index (χ1n) is 7.13. The largest absolute Gasteiger partial charge is 0.492 e. The van der Waals surface area contributed by atoms with Crippen molar-refractivity contribution in [2.45, 2.75) is 20.0 Å². The van der Waals surface area contributed by atoms with Crippen LogP contribution in [-0.4, -0.2) is 39.5 Å². The Balaban J connectivity index is 1.86. The highest BCUT2D eigenvalue weighted by molar-refractivity contribution is 5.86. The first-order valence-corrected chi connectivity index (χ1v) is 7.13. The fraction of sp³-hybridized carbons (Fsp3) is 0.333. The topological polar surface area (TPSA) is 88.2 Å². The molecule has 23 heavy (non-hydrogen) atoms. The SMILES string of the molecule is CCn1nnn(CCOc2ccc(/C=C/C(=O)OC)cc2)c1=O. The van der Waals surface area contributed by atoms with Gasteiger partial charge in [-0.1, -0.05) is 12.1 Å². The van der Waals surface area contributed by atoms with Crippen molar-refractivity contribution in [3.63, 3.8) is 0 Å². The lowest BCUT2D eigenvalue weighted by Crippen LogP contribution is -2.26. The molecule has 0 radical (unpaired) electrons. The molecule has 0 aliphatic heterocycles. The summed E-state index contributed by atoms with van der Waals surface area (Å²) >= 11 is 0. The van der Waals surface area contributed by atoms with Gasteiger partial charge in [-0.25, -0.2) is 9.59 Å². The third-order valence-corrected chi connectivity index (χ3v) is 3.06. The third-order valence-electron chi connectivity index (χ3n) is 3.06. The zero-order valence-corrected chi connectivity index (χ0v) is 13.0. The van der Waals surface area contributed by atoms with Crippen LogP contribution in [0.1, 0.15) is 12.5 Å². The lowest BCUT2D eigenvalue weighted by Gasteiger charge is -2.05. The van der Waals surface area contributed by atoms with Crippen LogP contribution in [0.4, 0.5) is 0 Å². The number of tetrazole rings is 1. The summed E-state index contributed by atoms with van der Waals surface area (Å²) in [5.74, 6) is 0.257. The number of carbonyl (C=O) groups is 1. The molecule has 2 aromatic rings. The maximum atomic E-state index is 11.7. The number of aromatic nitrogens is 4. The molecule has 8 heteroatoms. The van der Waals surface area contributed by atoms with E-state index < -0.39 is 5.97 Å². The monoisotopic (exact) mass is 318 g/mol. The zero-order valence-electron chi connectivity index (χ0n) is 13.0. The van der Waals surface area contributed by atoms with Crippen molar-refractivity contribution in [2.24, 2.45) is 0 Å². The van der Waals surface area contributed by atoms with Gasteiger partial charge in [-0.2, -0.15) is 9.36 Å². The molecule has 0 fully saturated rings. The molecule has 0 amide bonds. The van der Waals surface area contributed by atoms with Gasteiger partial charge in [0.05, 0.1) is 13.7 Å². The summed E-state index contributed by atoms with van der Waals surface area (Å²) in [5.41, 5.74) is 0.601. The van der Waals surface area contributed by atoms with Gasteiger partial charge in [0.1, 0.15) is 12.4 Å². The van der Waals surface area contributed by atoms with Crippen molar-refractivity contribution in [2.75, 3.05) is 13.7 Å². The molecule has 0 spiro atoms. The average Bonchev–Trinajstić information content (AvgIpc) is 2.94. The molecular weight excluding hydrogens is 300 g/mol. The summed E-state index contributed by atoms with van der Waals surface area (Å²) in [5, 5.41) is 7.49. The molecule has 0 saturated carbocycles. The predicted molar refractivity (Wildman–Crippen MR) is 82.9 cm³/mol. The molecule has 122 valence electrons. The van der Waals surface area contributed by atoms with Crippen molar-refractivity contribution in [3.05, 3.63) is 46.4 Å². The quantitative estimate of drug-likeness (QED) is 0.552. The fourth-order valence-electron chi connectivity index (χ4n) is 1.80. The van der Waals surface area contributed by atoms with Crippen LogP contribution < -0.4 is 10.4 Å². The van der Waals surface area contributed by atoms with Crippen molar-refractivity contribution >= 4 is 12.0 Å². The summed E-state index contributed by atoms with van der Waals surface area (Å²) < 4.78 is 12.6. The standard InChI is InChI=1S/C15H18N4O4/c1-3-18-15(21)19(17-16-18)10-11-23-13-7-4-12(5-8-13)6-9-14(20)22-2/h4-9H,3,10-11H2,1-2H3/b9-6+. The predicted octanol–water partition coefficient (Wildman–Crippen LogP) is 0.725. The minimum Gasteiger partial charge on any atom is -0.492 e. The minimum absolute atomic E-state index is 0.251. The van der Waals surface area contributed by atoms with Gasteiger partial charge in [0.15, 0.2) is 0 Å². The van der Waals surface area contributed by atoms with Gasteiger partial charge in [0.25, 0.3) is 0 Å². The minimum atomic E-state index is -0.407. The number of rotatable bonds is 7. The van der Waals surface area contributed by atoms with Crippen molar-refractivity contribution in [3.8, 4) is 5.75 Å². The van der Waals surface area contributed by atoms with E-state index in [0.29, 0.717) is 25.4 Å². The van der Waals surface area contributed by atoms with Crippen LogP contribution >= 0.6 is 0 Å². The number of benzene rings is 1. The van der Waals surface area contributed by atoms with Crippen molar-refractivity contribution in [1.82, 2.24) is 19.8 Å². The van der Waals surface area contributed by atoms with Crippen molar-refractivity contribution in [1.29, 1.82) is 0 Å². The van der Waals surface area contributed by atoms with Gasteiger partial charge >= 0.3 is 11.7 Å². The highest BCUT2D eigenvalue weighted by Crippen LogP contribution is 2.13. The van der Waals surface area contributed by atoms with Gasteiger partial charge in [-0.05, 0) is 41.1 Å². The summed E-state index contributed by atoms with van der Waals surface area (Å²) in [4.78, 5) is 22.7. The molecule has 0 N–H and O–H groups in total. The fourth-order valence-corrected chi connectivity index (χ4v) is 1.80. The number of carbonyl (C=O) groups excluding carboxylic acids is 1. The van der Waals surface area contributed by atoms with Gasteiger partial charge in [-0.3, -0.25) is 0 Å². The second-order valence-corrected chi connectivity index (χ2v) is 4.57. The molecule has 0 saturated heterocycles. The molecule has 0 bridgehead atoms. The second-order valence-electron chi connectivity index (χ2n) is 4.57. The van der Waals surface area contributed by atoms with E-state index in [9.17, 15) is 9.59 Å². The Labute approximate surface area is 132 Å². The van der Waals surface area contributed by atoms with Crippen LogP contribution in [0.3, 0.4) is 0 Å². The van der Waals surface area contributed by atoms with E-state index in [1.807, 2.05) is 19.1 Å². The second kappa shape index (κ2) is 7.92. The average molecular weight is 318 g/mol. The normalized spacial score (nSPS) is 10.9. The number of aryl methyl sites for hydroxylation is 1. The van der Waals surface area contributed by atoms with Gasteiger partial charge in [0.2, 0.25) is 0 Å². The number of hydrogen-bond acceptors (Lipinski definition) is 6. The third kappa shape index (κ3) is 4.53. The molecule has 0 aliphatic rings. The van der Waals surface area contributed by atoms with Crippen LogP contribution in [0.5, 0.6) is 5.75 Å². The van der Waals surface area contributed by atoms with E-state index in [0.717, 1.165) is 5.56 Å². The molecular formula is C15H18N4O4. The maximum absolute atomic E-state index is 11.7. The molecule has 2 rings (SSSR count). The molecule has 0 atom stereocenters. The van der Waals surface area contributed by atoms with Crippen molar-refractivity contribution < 1.29 is 14.3 Å². The number of esters is 1. The smallest absolute Gasteiger partial charge is 0.363 e. The Kier molecular flexibility index (Phi) is 5.67. The van der Waals surface area contributed by atoms with Crippen LogP contribution in [0.15, 0.2) is 35.1 Å². The lowest BCUT2D eigenvalue weighted by molar-refractivity contribution is -0.134. The lowest BCUT2D eigenvalue weighted by atomic mass is 10.2. The highest BCUT2D eigenvalue weighted by Gasteiger charge is 2.04. The molecule has 0 aliphatic carbocycles. The van der Waals surface area contributed by atoms with Gasteiger partial charge in [0, 0.05) is 12.6 Å². The first-order chi connectivity index (χ1) is 11.1. The van der Waals surface area contributed by atoms with E-state index in [4.69, 9.17) is 4.74 Å². The molecule has 0 unspecified atom stereocenters. The van der Waals surface area contributed by atoms with Crippen LogP contribution in [0.2, 0.25) is 0 Å². The van der Waals surface area contributed by atoms with Gasteiger partial charge < -0.3 is 9.47 Å². The maximum Gasteiger partial charge on any atom is 0.363 e. The number of nitrogens with zero attached hydrogens (tertiary/aromatic N) is 4. The zero-order chi connectivity index (χ0) is 16.7. The molecule has 1 heterocycles. The number of methoxy groups -OCH3 is 1. The van der Waals surface area contributed by atoms with E-state index in [2.05, 4.69) is 15.2 Å². The van der Waals surface area contributed by atoms with Crippen LogP contribution in [0.25, 0.3) is 6.08 Å². The summed E-state index contributed by atoms with van der Waals surface area (Å²) in [7, 11) is 1.33. The van der Waals surface area contributed by atoms with Gasteiger partial charge in [-0.15, -0.1) is 0 Å². The number of ether oxygens (including phenoxy) is 2. The van der Waals surface area contributed by atoms with E-state index in [-0.39, 0.29) is 5.69 Å². The Bertz CT molecular complexity index is 731. The Hall–Kier alpha value is -2.90. The van der Waals surface area contributed by atoms with E-state index in [1.165, 1.54) is 22.5 Å². The summed E-state index contributed by atoms with van der Waals surface area (Å²) in [6.07, 6.45) is 3.00. The highest BCUT2D eigenvalue weighted by atomic mass is 16.5. The first kappa shape index (κ1) is 16.5. The van der Waals surface area contributed by atoms with E-state index >= 15 is 0 Å². The Morgan fingerprint density at radius 3 is 2.52 bits per heavy atom. The Morgan fingerprint density at radius 1 is 1.22 bits per heavy atom. The molecule has 8 nitrogen and oxygen atoms in total. The summed E-state index contributed by atoms with van der Waals surface area (Å²) in [6, 6.07) is 7.19. The van der Waals surface area contributed by atoms with E-state index in [1.54, 1.807) is 18.2 Å². The number of hydrogen-bond donors (Lipinski definition) is 0. The molecule has 1 aromatic carbocycles. The summed E-state index contributed by atoms with van der Waals surface area (Å²) in [6.45, 7) is 2.94. The van der Waals surface area contributed by atoms with Crippen LogP contribution in [-0.2, 0) is 22.6 Å².